The second-order valence-corrected chi connectivity index (χ2v) is 15.8. The van der Waals surface area contributed by atoms with E-state index in [2.05, 4.69) is 31.3 Å². The van der Waals surface area contributed by atoms with Gasteiger partial charge in [0.05, 0.1) is 13.2 Å². The zero-order valence-electron chi connectivity index (χ0n) is 33.1. The summed E-state index contributed by atoms with van der Waals surface area (Å²) in [6.45, 7) is 3.56. The molecule has 0 radical (unpaired) electrons. The molecule has 0 heterocycles. The minimum Gasteiger partial charge on any atom is -0.463 e. The molecule has 0 saturated carbocycles. The number of aliphatic hydroxyl groups excluding tert-OH is 1. The first-order chi connectivity index (χ1) is 24.8. The minimum absolute atomic E-state index is 0.0853. The van der Waals surface area contributed by atoms with Gasteiger partial charge in [0, 0.05) is 19.4 Å². The van der Waals surface area contributed by atoms with Crippen molar-refractivity contribution >= 4 is 19.7 Å². The second kappa shape index (κ2) is 38.5. The van der Waals surface area contributed by atoms with Crippen molar-refractivity contribution in [1.82, 2.24) is 5.32 Å². The number of carbonyl (C=O) groups excluding carboxylic acids is 2. The Morgan fingerprint density at radius 3 is 1.47 bits per heavy atom. The molecule has 2 unspecified atom stereocenters. The number of aliphatic hydroxyl groups is 1. The zero-order chi connectivity index (χ0) is 37.5. The molecule has 0 saturated heterocycles. The largest absolute Gasteiger partial charge is 0.472 e. The van der Waals surface area contributed by atoms with Crippen LogP contribution in [0.4, 0.5) is 0 Å². The van der Waals surface area contributed by atoms with Crippen LogP contribution in [-0.2, 0) is 27.9 Å². The van der Waals surface area contributed by atoms with Crippen molar-refractivity contribution in [3.8, 4) is 0 Å². The fourth-order valence-electron chi connectivity index (χ4n) is 5.96. The standard InChI is InChI=1S/C41H80NO8P/c1-3-5-7-9-11-13-15-17-19-21-23-25-27-29-31-33-40(44)42-35-36-49-51(46,47)50-38-39(43)37-48-41(45)34-32-30-28-26-24-22-20-18-16-14-12-10-8-6-4-2/h18,20,39,43H,3-17,19,21-38H2,1-2H3,(H,42,44)(H,46,47)/b20-18-. The Hall–Kier alpha value is -1.25. The van der Waals surface area contributed by atoms with E-state index >= 15 is 0 Å². The van der Waals surface area contributed by atoms with Crippen LogP contribution in [0.1, 0.15) is 206 Å². The summed E-state index contributed by atoms with van der Waals surface area (Å²) < 4.78 is 26.8. The number of esters is 1. The molecule has 3 N–H and O–H groups in total. The summed E-state index contributed by atoms with van der Waals surface area (Å²) >= 11 is 0. The van der Waals surface area contributed by atoms with E-state index < -0.39 is 26.5 Å². The van der Waals surface area contributed by atoms with Crippen LogP contribution >= 0.6 is 7.82 Å². The summed E-state index contributed by atoms with van der Waals surface area (Å²) in [5.74, 6) is -0.517. The average Bonchev–Trinajstić information content (AvgIpc) is 3.11. The quantitative estimate of drug-likeness (QED) is 0.0244. The Balaban J connectivity index is 3.59. The number of ether oxygens (including phenoxy) is 1. The van der Waals surface area contributed by atoms with Gasteiger partial charge in [-0.3, -0.25) is 18.6 Å². The lowest BCUT2D eigenvalue weighted by Gasteiger charge is -2.15. The maximum absolute atomic E-state index is 12.1. The highest BCUT2D eigenvalue weighted by Gasteiger charge is 2.23. The molecule has 302 valence electrons. The lowest BCUT2D eigenvalue weighted by Crippen LogP contribution is -2.27. The molecule has 9 nitrogen and oxygen atoms in total. The number of phosphoric acid groups is 1. The van der Waals surface area contributed by atoms with E-state index in [0.29, 0.717) is 6.42 Å². The van der Waals surface area contributed by atoms with Crippen LogP contribution in [0.3, 0.4) is 0 Å². The molecule has 0 aromatic heterocycles. The van der Waals surface area contributed by atoms with E-state index in [9.17, 15) is 24.2 Å². The third-order valence-electron chi connectivity index (χ3n) is 9.20. The monoisotopic (exact) mass is 746 g/mol. The molecule has 0 bridgehead atoms. The van der Waals surface area contributed by atoms with Gasteiger partial charge in [0.2, 0.25) is 5.91 Å². The SMILES string of the molecule is CCCCCCCC/C=C\CCCCCCCC(=O)OCC(O)COP(=O)(O)OCCNC(=O)CCCCCCCCCCCCCCCCC. The summed E-state index contributed by atoms with van der Waals surface area (Å²) in [5.41, 5.74) is 0. The molecule has 51 heavy (non-hydrogen) atoms. The lowest BCUT2D eigenvalue weighted by atomic mass is 10.0. The summed E-state index contributed by atoms with van der Waals surface area (Å²) in [6, 6.07) is 0. The highest BCUT2D eigenvalue weighted by molar-refractivity contribution is 7.47. The number of rotatable bonds is 40. The van der Waals surface area contributed by atoms with Gasteiger partial charge in [-0.05, 0) is 38.5 Å². The molecular weight excluding hydrogens is 665 g/mol. The molecule has 0 aliphatic heterocycles. The van der Waals surface area contributed by atoms with Crippen LogP contribution in [0.15, 0.2) is 12.2 Å². The van der Waals surface area contributed by atoms with E-state index in [1.165, 1.54) is 122 Å². The van der Waals surface area contributed by atoms with E-state index in [-0.39, 0.29) is 32.1 Å². The van der Waals surface area contributed by atoms with E-state index in [4.69, 9.17) is 13.8 Å². The predicted molar refractivity (Wildman–Crippen MR) is 211 cm³/mol. The van der Waals surface area contributed by atoms with Crippen LogP contribution in [0.2, 0.25) is 0 Å². The Bertz CT molecular complexity index is 856. The third-order valence-corrected chi connectivity index (χ3v) is 10.2. The van der Waals surface area contributed by atoms with Crippen molar-refractivity contribution in [3.63, 3.8) is 0 Å². The fraction of sp³-hybridized carbons (Fsp3) is 0.902. The van der Waals surface area contributed by atoms with Gasteiger partial charge in [-0.25, -0.2) is 4.57 Å². The topological polar surface area (TPSA) is 131 Å². The third kappa shape index (κ3) is 39.8. The van der Waals surface area contributed by atoms with E-state index in [1.807, 2.05) is 0 Å². The Morgan fingerprint density at radius 1 is 0.588 bits per heavy atom. The minimum atomic E-state index is -4.41. The predicted octanol–water partition coefficient (Wildman–Crippen LogP) is 11.4. The van der Waals surface area contributed by atoms with Crippen molar-refractivity contribution in [2.24, 2.45) is 0 Å². The van der Waals surface area contributed by atoms with Gasteiger partial charge >= 0.3 is 13.8 Å². The molecular formula is C41H80NO8P. The van der Waals surface area contributed by atoms with Crippen LogP contribution in [-0.4, -0.2) is 54.3 Å². The zero-order valence-corrected chi connectivity index (χ0v) is 34.0. The molecule has 0 aliphatic rings. The van der Waals surface area contributed by atoms with Gasteiger partial charge in [0.15, 0.2) is 0 Å². The van der Waals surface area contributed by atoms with Crippen molar-refractivity contribution in [2.45, 2.75) is 213 Å². The number of hydrogen-bond acceptors (Lipinski definition) is 7. The second-order valence-electron chi connectivity index (χ2n) is 14.3. The lowest BCUT2D eigenvalue weighted by molar-refractivity contribution is -0.147. The molecule has 2 atom stereocenters. The van der Waals surface area contributed by atoms with Crippen LogP contribution in [0.5, 0.6) is 0 Å². The molecule has 0 aliphatic carbocycles. The van der Waals surface area contributed by atoms with Crippen LogP contribution in [0, 0.1) is 0 Å². The van der Waals surface area contributed by atoms with Gasteiger partial charge in [0.25, 0.3) is 0 Å². The molecule has 0 aromatic carbocycles. The number of unbranched alkanes of at least 4 members (excludes halogenated alkanes) is 25. The average molecular weight is 746 g/mol. The van der Waals surface area contributed by atoms with Gasteiger partial charge in [-0.1, -0.05) is 167 Å². The number of allylic oxidation sites excluding steroid dienone is 2. The summed E-state index contributed by atoms with van der Waals surface area (Å²) in [4.78, 5) is 33.8. The van der Waals surface area contributed by atoms with Gasteiger partial charge in [-0.2, -0.15) is 0 Å². The van der Waals surface area contributed by atoms with Crippen molar-refractivity contribution in [3.05, 3.63) is 12.2 Å². The van der Waals surface area contributed by atoms with Crippen molar-refractivity contribution in [2.75, 3.05) is 26.4 Å². The maximum Gasteiger partial charge on any atom is 0.472 e. The number of hydrogen-bond donors (Lipinski definition) is 3. The highest BCUT2D eigenvalue weighted by Crippen LogP contribution is 2.42. The first-order valence-corrected chi connectivity index (χ1v) is 22.7. The van der Waals surface area contributed by atoms with Crippen molar-refractivity contribution < 1.29 is 37.9 Å². The first kappa shape index (κ1) is 49.8. The van der Waals surface area contributed by atoms with E-state index in [0.717, 1.165) is 57.8 Å². The van der Waals surface area contributed by atoms with Gasteiger partial charge in [0.1, 0.15) is 12.7 Å². The summed E-state index contributed by atoms with van der Waals surface area (Å²) in [7, 11) is -4.41. The van der Waals surface area contributed by atoms with E-state index in [1.54, 1.807) is 0 Å². The van der Waals surface area contributed by atoms with Crippen LogP contribution in [0.25, 0.3) is 0 Å². The fourth-order valence-corrected chi connectivity index (χ4v) is 6.72. The number of phosphoric ester groups is 1. The molecule has 1 amide bonds. The molecule has 10 heteroatoms. The number of nitrogens with one attached hydrogen (secondary N) is 1. The molecule has 0 rings (SSSR count). The molecule has 0 fully saturated rings. The van der Waals surface area contributed by atoms with Gasteiger partial charge in [-0.15, -0.1) is 0 Å². The smallest absolute Gasteiger partial charge is 0.463 e. The number of carbonyl (C=O) groups is 2. The Morgan fingerprint density at radius 2 is 1.00 bits per heavy atom. The van der Waals surface area contributed by atoms with Crippen molar-refractivity contribution in [1.29, 1.82) is 0 Å². The number of amides is 1. The Labute approximate surface area is 313 Å². The summed E-state index contributed by atoms with van der Waals surface area (Å²) in [6.07, 6.45) is 38.5. The molecule has 0 aromatic rings. The maximum atomic E-state index is 12.1. The summed E-state index contributed by atoms with van der Waals surface area (Å²) in [5, 5.41) is 12.7. The highest BCUT2D eigenvalue weighted by atomic mass is 31.2. The normalized spacial score (nSPS) is 13.4. The Kier molecular flexibility index (Phi) is 37.5. The van der Waals surface area contributed by atoms with Crippen LogP contribution < -0.4 is 5.32 Å². The molecule has 0 spiro atoms. The first-order valence-electron chi connectivity index (χ1n) is 21.2. The van der Waals surface area contributed by atoms with Gasteiger partial charge < -0.3 is 20.1 Å².